The maximum absolute atomic E-state index is 12.3. The molecule has 2 unspecified atom stereocenters. The number of ketones is 1. The van der Waals surface area contributed by atoms with Gasteiger partial charge < -0.3 is 29.9 Å². The Labute approximate surface area is 131 Å². The van der Waals surface area contributed by atoms with E-state index in [9.17, 15) is 25.2 Å². The molecule has 0 amide bonds. The van der Waals surface area contributed by atoms with E-state index in [4.69, 9.17) is 9.47 Å². The number of aliphatic hydroxyl groups excluding tert-OH is 1. The number of ether oxygens (including phenoxy) is 2. The van der Waals surface area contributed by atoms with Crippen molar-refractivity contribution in [2.45, 2.75) is 12.2 Å². The molecule has 2 aromatic carbocycles. The Kier molecular flexibility index (Phi) is 3.49. The second kappa shape index (κ2) is 5.36. The molecule has 0 radical (unpaired) electrons. The molecule has 2 atom stereocenters. The predicted octanol–water partition coefficient (Wildman–Crippen LogP) is 1.49. The summed E-state index contributed by atoms with van der Waals surface area (Å²) in [5.74, 6) is -1.40. The molecule has 0 saturated heterocycles. The summed E-state index contributed by atoms with van der Waals surface area (Å²) in [6, 6.07) is 6.44. The Morgan fingerprint density at radius 1 is 1.09 bits per heavy atom. The normalized spacial score (nSPS) is 19.8. The molecule has 1 aliphatic heterocycles. The number of aliphatic hydroxyl groups is 1. The zero-order chi connectivity index (χ0) is 16.7. The lowest BCUT2D eigenvalue weighted by atomic mass is 9.92. The van der Waals surface area contributed by atoms with Gasteiger partial charge in [-0.2, -0.15) is 0 Å². The molecule has 0 bridgehead atoms. The van der Waals surface area contributed by atoms with Gasteiger partial charge >= 0.3 is 0 Å². The van der Waals surface area contributed by atoms with Crippen molar-refractivity contribution < 1.29 is 34.7 Å². The third kappa shape index (κ3) is 2.40. The third-order valence-electron chi connectivity index (χ3n) is 3.66. The molecule has 7 nitrogen and oxygen atoms in total. The summed E-state index contributed by atoms with van der Waals surface area (Å²) < 4.78 is 10.6. The van der Waals surface area contributed by atoms with Crippen molar-refractivity contribution in [2.75, 3.05) is 7.11 Å². The van der Waals surface area contributed by atoms with Crippen molar-refractivity contribution in [3.63, 3.8) is 0 Å². The summed E-state index contributed by atoms with van der Waals surface area (Å²) in [5.41, 5.74) is -0.0624. The highest BCUT2D eigenvalue weighted by molar-refractivity contribution is 6.05. The van der Waals surface area contributed by atoms with Crippen molar-refractivity contribution >= 4 is 5.78 Å². The molecule has 3 rings (SSSR count). The van der Waals surface area contributed by atoms with Crippen LogP contribution in [0.4, 0.5) is 0 Å². The van der Waals surface area contributed by atoms with E-state index < -0.39 is 23.7 Å². The molecular formula is C16H14O7. The van der Waals surface area contributed by atoms with Crippen LogP contribution in [-0.4, -0.2) is 39.4 Å². The lowest BCUT2D eigenvalue weighted by Gasteiger charge is -2.30. The standard InChI is InChI=1S/C16H14O7/c1-22-8-2-3-10(18)9(6-8)16-15(21)14(20)13-11(19)4-7(17)5-12(13)23-16/h2-6,15-19,21H,1H3. The predicted molar refractivity (Wildman–Crippen MR) is 78.1 cm³/mol. The molecule has 0 aliphatic carbocycles. The van der Waals surface area contributed by atoms with Crippen molar-refractivity contribution in [1.82, 2.24) is 0 Å². The molecule has 0 spiro atoms. The summed E-state index contributed by atoms with van der Waals surface area (Å²) in [7, 11) is 1.44. The number of Topliss-reactive ketones (excluding diaryl/α,β-unsaturated/α-hetero) is 1. The number of carbonyl (C=O) groups excluding carboxylic acids is 1. The van der Waals surface area contributed by atoms with Crippen LogP contribution in [0.3, 0.4) is 0 Å². The van der Waals surface area contributed by atoms with Crippen LogP contribution in [0, 0.1) is 0 Å². The van der Waals surface area contributed by atoms with E-state index in [-0.39, 0.29) is 28.4 Å². The minimum Gasteiger partial charge on any atom is -0.508 e. The van der Waals surface area contributed by atoms with Crippen molar-refractivity contribution in [1.29, 1.82) is 0 Å². The number of fused-ring (bicyclic) bond motifs is 1. The molecule has 0 fully saturated rings. The maximum Gasteiger partial charge on any atom is 0.202 e. The Balaban J connectivity index is 2.11. The highest BCUT2D eigenvalue weighted by atomic mass is 16.5. The number of hydrogen-bond acceptors (Lipinski definition) is 7. The van der Waals surface area contributed by atoms with Gasteiger partial charge in [-0.05, 0) is 18.2 Å². The molecule has 1 aliphatic rings. The summed E-state index contributed by atoms with van der Waals surface area (Å²) in [4.78, 5) is 12.3. The van der Waals surface area contributed by atoms with Crippen molar-refractivity contribution in [2.24, 2.45) is 0 Å². The average molecular weight is 318 g/mol. The number of aromatic hydroxyl groups is 3. The number of carbonyl (C=O) groups is 1. The zero-order valence-corrected chi connectivity index (χ0v) is 12.1. The van der Waals surface area contributed by atoms with Crippen LogP contribution in [0.25, 0.3) is 0 Å². The van der Waals surface area contributed by atoms with Gasteiger partial charge in [-0.1, -0.05) is 0 Å². The first-order chi connectivity index (χ1) is 10.9. The van der Waals surface area contributed by atoms with Gasteiger partial charge in [-0.3, -0.25) is 4.79 Å². The van der Waals surface area contributed by atoms with E-state index in [0.29, 0.717) is 5.75 Å². The first-order valence-corrected chi connectivity index (χ1v) is 6.74. The Morgan fingerprint density at radius 3 is 2.52 bits per heavy atom. The zero-order valence-electron chi connectivity index (χ0n) is 12.1. The van der Waals surface area contributed by atoms with Crippen LogP contribution >= 0.6 is 0 Å². The van der Waals surface area contributed by atoms with Crippen molar-refractivity contribution in [3.8, 4) is 28.7 Å². The summed E-state index contributed by atoms with van der Waals surface area (Å²) >= 11 is 0. The fraction of sp³-hybridized carbons (Fsp3) is 0.188. The highest BCUT2D eigenvalue weighted by Crippen LogP contribution is 2.43. The lowest BCUT2D eigenvalue weighted by Crippen LogP contribution is -2.36. The fourth-order valence-electron chi connectivity index (χ4n) is 2.53. The van der Waals surface area contributed by atoms with E-state index in [2.05, 4.69) is 0 Å². The number of benzene rings is 2. The summed E-state index contributed by atoms with van der Waals surface area (Å²) in [6.07, 6.45) is -2.83. The van der Waals surface area contributed by atoms with Crippen LogP contribution in [0.5, 0.6) is 28.7 Å². The average Bonchev–Trinajstić information content (AvgIpc) is 2.51. The van der Waals surface area contributed by atoms with Gasteiger partial charge in [0.25, 0.3) is 0 Å². The molecule has 1 heterocycles. The molecule has 0 aromatic heterocycles. The first kappa shape index (κ1) is 15.0. The number of methoxy groups -OCH3 is 1. The highest BCUT2D eigenvalue weighted by Gasteiger charge is 2.40. The van der Waals surface area contributed by atoms with Crippen molar-refractivity contribution in [3.05, 3.63) is 41.5 Å². The minimum atomic E-state index is -1.63. The van der Waals surface area contributed by atoms with Gasteiger partial charge in [-0.15, -0.1) is 0 Å². The van der Waals surface area contributed by atoms with Crippen LogP contribution in [0.1, 0.15) is 22.0 Å². The van der Waals surface area contributed by atoms with Gasteiger partial charge in [0.05, 0.1) is 7.11 Å². The molecule has 4 N–H and O–H groups in total. The monoisotopic (exact) mass is 318 g/mol. The van der Waals surface area contributed by atoms with Gasteiger partial charge in [0.15, 0.2) is 12.2 Å². The Morgan fingerprint density at radius 2 is 1.83 bits per heavy atom. The molecular weight excluding hydrogens is 304 g/mol. The molecule has 7 heteroatoms. The van der Waals surface area contributed by atoms with Crippen LogP contribution in [-0.2, 0) is 0 Å². The number of phenols is 3. The second-order valence-corrected chi connectivity index (χ2v) is 5.11. The maximum atomic E-state index is 12.3. The summed E-state index contributed by atoms with van der Waals surface area (Å²) in [6.45, 7) is 0. The lowest BCUT2D eigenvalue weighted by molar-refractivity contribution is 0.0202. The van der Waals surface area contributed by atoms with E-state index in [0.717, 1.165) is 12.1 Å². The SMILES string of the molecule is COc1ccc(O)c(C2Oc3cc(O)cc(O)c3C(=O)C2O)c1. The second-order valence-electron chi connectivity index (χ2n) is 5.11. The fourth-order valence-corrected chi connectivity index (χ4v) is 2.53. The van der Waals surface area contributed by atoms with Gasteiger partial charge in [0.2, 0.25) is 5.78 Å². The molecule has 2 aromatic rings. The van der Waals surface area contributed by atoms with E-state index in [1.54, 1.807) is 0 Å². The molecule has 0 saturated carbocycles. The smallest absolute Gasteiger partial charge is 0.202 e. The van der Waals surface area contributed by atoms with Gasteiger partial charge in [0, 0.05) is 17.7 Å². The van der Waals surface area contributed by atoms with Crippen LogP contribution in [0.2, 0.25) is 0 Å². The first-order valence-electron chi connectivity index (χ1n) is 6.74. The van der Waals surface area contributed by atoms with E-state index in [1.807, 2.05) is 0 Å². The van der Waals surface area contributed by atoms with E-state index in [1.165, 1.54) is 25.3 Å². The van der Waals surface area contributed by atoms with Crippen LogP contribution < -0.4 is 9.47 Å². The van der Waals surface area contributed by atoms with Gasteiger partial charge in [-0.25, -0.2) is 0 Å². The number of rotatable bonds is 2. The van der Waals surface area contributed by atoms with Gasteiger partial charge in [0.1, 0.15) is 34.3 Å². The van der Waals surface area contributed by atoms with Crippen LogP contribution in [0.15, 0.2) is 30.3 Å². The number of hydrogen-bond donors (Lipinski definition) is 4. The Hall–Kier alpha value is -2.93. The topological polar surface area (TPSA) is 116 Å². The third-order valence-corrected chi connectivity index (χ3v) is 3.66. The quantitative estimate of drug-likeness (QED) is 0.663. The molecule has 23 heavy (non-hydrogen) atoms. The Bertz CT molecular complexity index is 784. The minimum absolute atomic E-state index is 0.0787. The summed E-state index contributed by atoms with van der Waals surface area (Å²) in [5, 5.41) is 39.5. The number of phenolic OH excluding ortho intramolecular Hbond substituents is 3. The molecule has 120 valence electrons. The largest absolute Gasteiger partial charge is 0.508 e. The van der Waals surface area contributed by atoms with E-state index >= 15 is 0 Å².